The van der Waals surface area contributed by atoms with Crippen molar-refractivity contribution < 1.29 is 23.8 Å². The molecule has 0 saturated heterocycles. The lowest BCUT2D eigenvalue weighted by molar-refractivity contribution is -0.121. The molecule has 0 radical (unpaired) electrons. The molecule has 0 saturated carbocycles. The summed E-state index contributed by atoms with van der Waals surface area (Å²) in [5, 5.41) is 12.1. The summed E-state index contributed by atoms with van der Waals surface area (Å²) >= 11 is 0. The number of methoxy groups -OCH3 is 1. The van der Waals surface area contributed by atoms with Gasteiger partial charge in [-0.1, -0.05) is 0 Å². The molecule has 118 valence electrons. The minimum Gasteiger partial charge on any atom is -0.494 e. The summed E-state index contributed by atoms with van der Waals surface area (Å²) < 4.78 is 22.8. The Labute approximate surface area is 124 Å². The zero-order valence-electron chi connectivity index (χ0n) is 12.2. The van der Waals surface area contributed by atoms with Crippen LogP contribution in [0.5, 0.6) is 5.75 Å². The Kier molecular flexibility index (Phi) is 8.38. The highest BCUT2D eigenvalue weighted by molar-refractivity contribution is 5.75. The van der Waals surface area contributed by atoms with Gasteiger partial charge in [0, 0.05) is 20.1 Å². The number of aliphatic hydroxyl groups is 1. The average molecular weight is 299 g/mol. The van der Waals surface area contributed by atoms with E-state index in [2.05, 4.69) is 5.32 Å². The number of hydrogen-bond donors (Lipinski definition) is 2. The quantitative estimate of drug-likeness (QED) is 0.643. The molecular weight excluding hydrogens is 277 g/mol. The maximum Gasteiger partial charge on any atom is 0.220 e. The third-order valence-corrected chi connectivity index (χ3v) is 2.79. The van der Waals surface area contributed by atoms with E-state index in [1.807, 2.05) is 0 Å². The van der Waals surface area contributed by atoms with Crippen molar-refractivity contribution in [3.63, 3.8) is 0 Å². The molecule has 1 aromatic carbocycles. The fourth-order valence-electron chi connectivity index (χ4n) is 1.70. The SMILES string of the molecule is COCC(O)CCNC(=O)CCCOc1ccc(F)cc1. The number of carbonyl (C=O) groups excluding carboxylic acids is 1. The number of benzene rings is 1. The molecule has 2 N–H and O–H groups in total. The first-order valence-corrected chi connectivity index (χ1v) is 6.94. The Morgan fingerprint density at radius 1 is 1.38 bits per heavy atom. The van der Waals surface area contributed by atoms with E-state index in [9.17, 15) is 14.3 Å². The van der Waals surface area contributed by atoms with E-state index in [1.54, 1.807) is 12.1 Å². The van der Waals surface area contributed by atoms with E-state index >= 15 is 0 Å². The fourth-order valence-corrected chi connectivity index (χ4v) is 1.70. The maximum absolute atomic E-state index is 12.7. The van der Waals surface area contributed by atoms with Crippen molar-refractivity contribution in [2.45, 2.75) is 25.4 Å². The van der Waals surface area contributed by atoms with Crippen molar-refractivity contribution >= 4 is 5.91 Å². The van der Waals surface area contributed by atoms with Crippen molar-refractivity contribution in [1.29, 1.82) is 0 Å². The summed E-state index contributed by atoms with van der Waals surface area (Å²) in [4.78, 5) is 11.5. The first kappa shape index (κ1) is 17.4. The molecule has 0 spiro atoms. The Morgan fingerprint density at radius 2 is 2.10 bits per heavy atom. The lowest BCUT2D eigenvalue weighted by Gasteiger charge is -2.10. The molecule has 1 aromatic rings. The van der Waals surface area contributed by atoms with Crippen LogP contribution in [0.3, 0.4) is 0 Å². The molecule has 0 aliphatic heterocycles. The summed E-state index contributed by atoms with van der Waals surface area (Å²) in [6, 6.07) is 5.75. The molecule has 0 aromatic heterocycles. The van der Waals surface area contributed by atoms with Crippen molar-refractivity contribution in [1.82, 2.24) is 5.32 Å². The Hall–Kier alpha value is -1.66. The largest absolute Gasteiger partial charge is 0.494 e. The number of rotatable bonds is 10. The average Bonchev–Trinajstić information content (AvgIpc) is 2.46. The van der Waals surface area contributed by atoms with Crippen molar-refractivity contribution in [3.05, 3.63) is 30.1 Å². The number of halogens is 1. The number of hydrogen-bond acceptors (Lipinski definition) is 4. The van der Waals surface area contributed by atoms with Gasteiger partial charge in [-0.05, 0) is 37.1 Å². The standard InChI is InChI=1S/C15H22FNO4/c1-20-11-13(18)8-9-17-15(19)3-2-10-21-14-6-4-12(16)5-7-14/h4-7,13,18H,2-3,8-11H2,1H3,(H,17,19). The minimum absolute atomic E-state index is 0.0812. The molecule has 0 fully saturated rings. The van der Waals surface area contributed by atoms with Crippen molar-refractivity contribution in [3.8, 4) is 5.75 Å². The van der Waals surface area contributed by atoms with Crippen LogP contribution in [-0.4, -0.2) is 44.0 Å². The molecule has 1 atom stereocenters. The van der Waals surface area contributed by atoms with Gasteiger partial charge in [-0.25, -0.2) is 4.39 Å². The van der Waals surface area contributed by atoms with E-state index in [-0.39, 0.29) is 18.3 Å². The highest BCUT2D eigenvalue weighted by Gasteiger charge is 2.05. The summed E-state index contributed by atoms with van der Waals surface area (Å²) in [6.07, 6.45) is 0.828. The van der Waals surface area contributed by atoms with Crippen molar-refractivity contribution in [2.75, 3.05) is 26.9 Å². The Morgan fingerprint density at radius 3 is 2.76 bits per heavy atom. The third kappa shape index (κ3) is 8.27. The van der Waals surface area contributed by atoms with Crippen LogP contribution in [-0.2, 0) is 9.53 Å². The van der Waals surface area contributed by atoms with Crippen LogP contribution in [0.2, 0.25) is 0 Å². The van der Waals surface area contributed by atoms with Crippen LogP contribution in [0, 0.1) is 5.82 Å². The zero-order chi connectivity index (χ0) is 15.5. The van der Waals surface area contributed by atoms with Crippen LogP contribution >= 0.6 is 0 Å². The second kappa shape index (κ2) is 10.1. The van der Waals surface area contributed by atoms with Gasteiger partial charge in [0.2, 0.25) is 5.91 Å². The number of aliphatic hydroxyl groups excluding tert-OH is 1. The lowest BCUT2D eigenvalue weighted by Crippen LogP contribution is -2.28. The van der Waals surface area contributed by atoms with Crippen LogP contribution in [0.25, 0.3) is 0 Å². The molecule has 0 heterocycles. The second-order valence-electron chi connectivity index (χ2n) is 4.65. The molecule has 0 aliphatic rings. The first-order valence-electron chi connectivity index (χ1n) is 6.94. The predicted molar refractivity (Wildman–Crippen MR) is 76.6 cm³/mol. The smallest absolute Gasteiger partial charge is 0.220 e. The van der Waals surface area contributed by atoms with E-state index in [0.717, 1.165) is 0 Å². The number of ether oxygens (including phenoxy) is 2. The van der Waals surface area contributed by atoms with E-state index in [1.165, 1.54) is 19.2 Å². The van der Waals surface area contributed by atoms with Gasteiger partial charge >= 0.3 is 0 Å². The normalized spacial score (nSPS) is 12.0. The summed E-state index contributed by atoms with van der Waals surface area (Å²) in [6.45, 7) is 1.08. The van der Waals surface area contributed by atoms with Gasteiger partial charge in [0.25, 0.3) is 0 Å². The number of carbonyl (C=O) groups is 1. The van der Waals surface area contributed by atoms with Crippen LogP contribution in [0.4, 0.5) is 4.39 Å². The van der Waals surface area contributed by atoms with E-state index in [4.69, 9.17) is 9.47 Å². The van der Waals surface area contributed by atoms with Gasteiger partial charge in [0.15, 0.2) is 0 Å². The molecule has 0 bridgehead atoms. The predicted octanol–water partition coefficient (Wildman–Crippen LogP) is 1.50. The Balaban J connectivity index is 2.04. The molecule has 21 heavy (non-hydrogen) atoms. The van der Waals surface area contributed by atoms with Gasteiger partial charge < -0.3 is 19.9 Å². The topological polar surface area (TPSA) is 67.8 Å². The van der Waals surface area contributed by atoms with E-state index < -0.39 is 6.10 Å². The van der Waals surface area contributed by atoms with Crippen molar-refractivity contribution in [2.24, 2.45) is 0 Å². The molecule has 5 nitrogen and oxygen atoms in total. The third-order valence-electron chi connectivity index (χ3n) is 2.79. The highest BCUT2D eigenvalue weighted by atomic mass is 19.1. The molecule has 1 rings (SSSR count). The summed E-state index contributed by atoms with van der Waals surface area (Å²) in [5.74, 6) is 0.194. The summed E-state index contributed by atoms with van der Waals surface area (Å²) in [7, 11) is 1.52. The molecule has 1 unspecified atom stereocenters. The van der Waals surface area contributed by atoms with Gasteiger partial charge in [-0.3, -0.25) is 4.79 Å². The van der Waals surface area contributed by atoms with Gasteiger partial charge in [0.1, 0.15) is 11.6 Å². The summed E-state index contributed by atoms with van der Waals surface area (Å²) in [5.41, 5.74) is 0. The lowest BCUT2D eigenvalue weighted by atomic mass is 10.2. The molecular formula is C15H22FNO4. The monoisotopic (exact) mass is 299 g/mol. The van der Waals surface area contributed by atoms with Crippen LogP contribution < -0.4 is 10.1 Å². The Bertz CT molecular complexity index is 411. The van der Waals surface area contributed by atoms with Gasteiger partial charge in [0.05, 0.1) is 19.3 Å². The first-order chi connectivity index (χ1) is 10.1. The van der Waals surface area contributed by atoms with Gasteiger partial charge in [-0.2, -0.15) is 0 Å². The number of nitrogens with one attached hydrogen (secondary N) is 1. The van der Waals surface area contributed by atoms with Gasteiger partial charge in [-0.15, -0.1) is 0 Å². The molecule has 6 heteroatoms. The van der Waals surface area contributed by atoms with Crippen LogP contribution in [0.1, 0.15) is 19.3 Å². The fraction of sp³-hybridized carbons (Fsp3) is 0.533. The highest BCUT2D eigenvalue weighted by Crippen LogP contribution is 2.11. The minimum atomic E-state index is -0.558. The second-order valence-corrected chi connectivity index (χ2v) is 4.65. The number of amides is 1. The zero-order valence-corrected chi connectivity index (χ0v) is 12.2. The molecule has 0 aliphatic carbocycles. The maximum atomic E-state index is 12.7. The van der Waals surface area contributed by atoms with Crippen LogP contribution in [0.15, 0.2) is 24.3 Å². The molecule has 1 amide bonds. The van der Waals surface area contributed by atoms with E-state index in [0.29, 0.717) is 38.2 Å².